The summed E-state index contributed by atoms with van der Waals surface area (Å²) in [4.78, 5) is 0. The first-order chi connectivity index (χ1) is 9.51. The highest BCUT2D eigenvalue weighted by Gasteiger charge is 2.14. The molecule has 106 valence electrons. The molecule has 0 bridgehead atoms. The summed E-state index contributed by atoms with van der Waals surface area (Å²) >= 11 is 6.03. The van der Waals surface area contributed by atoms with Crippen molar-refractivity contribution in [2.45, 2.75) is 19.4 Å². The van der Waals surface area contributed by atoms with Crippen LogP contribution in [-0.4, -0.2) is 7.05 Å². The summed E-state index contributed by atoms with van der Waals surface area (Å²) in [6, 6.07) is 9.68. The topological polar surface area (TPSA) is 12.0 Å². The molecule has 0 heterocycles. The lowest BCUT2D eigenvalue weighted by atomic mass is 9.95. The van der Waals surface area contributed by atoms with E-state index in [-0.39, 0.29) is 6.04 Å². The first-order valence-electron chi connectivity index (χ1n) is 6.38. The molecule has 0 aromatic heterocycles. The summed E-state index contributed by atoms with van der Waals surface area (Å²) in [6.07, 6.45) is 0.564. The van der Waals surface area contributed by atoms with Gasteiger partial charge in [-0.2, -0.15) is 0 Å². The van der Waals surface area contributed by atoms with Crippen LogP contribution >= 0.6 is 11.6 Å². The fraction of sp³-hybridized carbons (Fsp3) is 0.250. The molecule has 20 heavy (non-hydrogen) atoms. The second kappa shape index (κ2) is 6.33. The minimum atomic E-state index is -0.825. The molecule has 0 fully saturated rings. The largest absolute Gasteiger partial charge is 0.313 e. The molecule has 2 rings (SSSR count). The number of aryl methyl sites for hydroxylation is 1. The number of nitrogens with one attached hydrogen (secondary N) is 1. The SMILES string of the molecule is CNC(Cc1ccc(F)c(F)c1)c1cc(Cl)ccc1C. The second-order valence-electron chi connectivity index (χ2n) is 4.79. The van der Waals surface area contributed by atoms with E-state index in [1.165, 1.54) is 6.07 Å². The fourth-order valence-electron chi connectivity index (χ4n) is 2.26. The Hall–Kier alpha value is -1.45. The number of halogens is 3. The van der Waals surface area contributed by atoms with Gasteiger partial charge in [-0.25, -0.2) is 8.78 Å². The van der Waals surface area contributed by atoms with Gasteiger partial charge in [0.2, 0.25) is 0 Å². The fourth-order valence-corrected chi connectivity index (χ4v) is 2.44. The molecule has 0 radical (unpaired) electrons. The molecule has 0 spiro atoms. The first-order valence-corrected chi connectivity index (χ1v) is 6.76. The molecule has 1 atom stereocenters. The normalized spacial score (nSPS) is 12.4. The Kier molecular flexibility index (Phi) is 4.73. The van der Waals surface area contributed by atoms with Crippen molar-refractivity contribution in [3.05, 3.63) is 69.7 Å². The van der Waals surface area contributed by atoms with Gasteiger partial charge < -0.3 is 5.32 Å². The Morgan fingerprint density at radius 1 is 1.10 bits per heavy atom. The van der Waals surface area contributed by atoms with Crippen molar-refractivity contribution < 1.29 is 8.78 Å². The molecule has 0 saturated heterocycles. The summed E-state index contributed by atoms with van der Waals surface area (Å²) in [5.74, 6) is -1.64. The van der Waals surface area contributed by atoms with E-state index in [9.17, 15) is 8.78 Å². The van der Waals surface area contributed by atoms with Crippen molar-refractivity contribution in [1.82, 2.24) is 5.32 Å². The van der Waals surface area contributed by atoms with E-state index in [2.05, 4.69) is 5.32 Å². The lowest BCUT2D eigenvalue weighted by molar-refractivity contribution is 0.504. The van der Waals surface area contributed by atoms with Gasteiger partial charge in [-0.3, -0.25) is 0 Å². The van der Waals surface area contributed by atoms with E-state index >= 15 is 0 Å². The average molecular weight is 296 g/mol. The van der Waals surface area contributed by atoms with Gasteiger partial charge in [0.05, 0.1) is 0 Å². The molecular weight excluding hydrogens is 280 g/mol. The average Bonchev–Trinajstić information content (AvgIpc) is 2.43. The Balaban J connectivity index is 2.28. The molecular formula is C16H16ClF2N. The molecule has 1 unspecified atom stereocenters. The second-order valence-corrected chi connectivity index (χ2v) is 5.23. The molecule has 2 aromatic rings. The Labute approximate surface area is 122 Å². The van der Waals surface area contributed by atoms with Crippen molar-refractivity contribution in [3.63, 3.8) is 0 Å². The standard InChI is InChI=1S/C16H16ClF2N/c1-10-3-5-12(17)9-13(10)16(20-2)8-11-4-6-14(18)15(19)7-11/h3-7,9,16,20H,8H2,1-2H3. The maximum absolute atomic E-state index is 13.3. The van der Waals surface area contributed by atoms with Crippen LogP contribution in [0.15, 0.2) is 36.4 Å². The summed E-state index contributed by atoms with van der Waals surface area (Å²) in [5.41, 5.74) is 2.91. The number of hydrogen-bond acceptors (Lipinski definition) is 1. The zero-order chi connectivity index (χ0) is 14.7. The maximum Gasteiger partial charge on any atom is 0.159 e. The van der Waals surface area contributed by atoms with Crippen LogP contribution in [0.5, 0.6) is 0 Å². The van der Waals surface area contributed by atoms with Gasteiger partial charge in [-0.15, -0.1) is 0 Å². The molecule has 0 aliphatic carbocycles. The van der Waals surface area contributed by atoms with Crippen molar-refractivity contribution in [2.24, 2.45) is 0 Å². The number of likely N-dealkylation sites (N-methyl/N-ethyl adjacent to an activating group) is 1. The lowest BCUT2D eigenvalue weighted by Crippen LogP contribution is -2.20. The zero-order valence-electron chi connectivity index (χ0n) is 11.4. The van der Waals surface area contributed by atoms with Gasteiger partial charge in [0.15, 0.2) is 11.6 Å². The highest BCUT2D eigenvalue weighted by Crippen LogP contribution is 2.25. The summed E-state index contributed by atoms with van der Waals surface area (Å²) in [6.45, 7) is 2.00. The third-order valence-corrected chi connectivity index (χ3v) is 3.62. The van der Waals surface area contributed by atoms with E-state index in [0.717, 1.165) is 22.8 Å². The van der Waals surface area contributed by atoms with Gasteiger partial charge in [-0.1, -0.05) is 23.7 Å². The van der Waals surface area contributed by atoms with Crippen molar-refractivity contribution in [2.75, 3.05) is 7.05 Å². The quantitative estimate of drug-likeness (QED) is 0.880. The Morgan fingerprint density at radius 2 is 1.85 bits per heavy atom. The number of hydrogen-bond donors (Lipinski definition) is 1. The van der Waals surface area contributed by atoms with Gasteiger partial charge >= 0.3 is 0 Å². The summed E-state index contributed by atoms with van der Waals surface area (Å²) < 4.78 is 26.2. The van der Waals surface area contributed by atoms with Gasteiger partial charge in [0.25, 0.3) is 0 Å². The van der Waals surface area contributed by atoms with E-state index in [1.54, 1.807) is 6.07 Å². The van der Waals surface area contributed by atoms with Crippen LogP contribution in [0.1, 0.15) is 22.7 Å². The van der Waals surface area contributed by atoms with Crippen molar-refractivity contribution >= 4 is 11.6 Å². The van der Waals surface area contributed by atoms with Crippen LogP contribution in [0.3, 0.4) is 0 Å². The van der Waals surface area contributed by atoms with E-state index in [1.807, 2.05) is 32.2 Å². The molecule has 1 nitrogen and oxygen atoms in total. The number of rotatable bonds is 4. The minimum absolute atomic E-state index is 0.00133. The van der Waals surface area contributed by atoms with Crippen LogP contribution < -0.4 is 5.32 Å². The predicted molar refractivity (Wildman–Crippen MR) is 78.1 cm³/mol. The molecule has 0 amide bonds. The number of benzene rings is 2. The van der Waals surface area contributed by atoms with Crippen LogP contribution in [0.25, 0.3) is 0 Å². The molecule has 0 aliphatic heterocycles. The van der Waals surface area contributed by atoms with Gasteiger partial charge in [-0.05, 0) is 61.3 Å². The van der Waals surface area contributed by atoms with Crippen LogP contribution in [-0.2, 0) is 6.42 Å². The van der Waals surface area contributed by atoms with E-state index in [4.69, 9.17) is 11.6 Å². The van der Waals surface area contributed by atoms with E-state index < -0.39 is 11.6 Å². The first kappa shape index (κ1) is 14.9. The third kappa shape index (κ3) is 3.35. The van der Waals surface area contributed by atoms with Gasteiger partial charge in [0, 0.05) is 11.1 Å². The summed E-state index contributed by atoms with van der Waals surface area (Å²) in [5, 5.41) is 3.86. The highest BCUT2D eigenvalue weighted by atomic mass is 35.5. The molecule has 2 aromatic carbocycles. The summed E-state index contributed by atoms with van der Waals surface area (Å²) in [7, 11) is 1.84. The molecule has 0 saturated carbocycles. The molecule has 1 N–H and O–H groups in total. The monoisotopic (exact) mass is 295 g/mol. The predicted octanol–water partition coefficient (Wildman–Crippen LogP) is 4.43. The van der Waals surface area contributed by atoms with Crippen LogP contribution in [0, 0.1) is 18.6 Å². The van der Waals surface area contributed by atoms with E-state index in [0.29, 0.717) is 11.4 Å². The minimum Gasteiger partial charge on any atom is -0.313 e. The third-order valence-electron chi connectivity index (χ3n) is 3.39. The van der Waals surface area contributed by atoms with Gasteiger partial charge in [0.1, 0.15) is 0 Å². The zero-order valence-corrected chi connectivity index (χ0v) is 12.1. The Morgan fingerprint density at radius 3 is 2.50 bits per heavy atom. The van der Waals surface area contributed by atoms with Crippen molar-refractivity contribution in [1.29, 1.82) is 0 Å². The van der Waals surface area contributed by atoms with Crippen LogP contribution in [0.2, 0.25) is 5.02 Å². The Bertz CT molecular complexity index is 613. The lowest BCUT2D eigenvalue weighted by Gasteiger charge is -2.19. The molecule has 4 heteroatoms. The highest BCUT2D eigenvalue weighted by molar-refractivity contribution is 6.30. The van der Waals surface area contributed by atoms with Crippen molar-refractivity contribution in [3.8, 4) is 0 Å². The smallest absolute Gasteiger partial charge is 0.159 e. The maximum atomic E-state index is 13.3. The molecule has 0 aliphatic rings. The van der Waals surface area contributed by atoms with Crippen LogP contribution in [0.4, 0.5) is 8.78 Å².